The minimum Gasteiger partial charge on any atom is -0.349 e. The molecule has 1 aliphatic rings. The van der Waals surface area contributed by atoms with Crippen molar-refractivity contribution in [3.63, 3.8) is 0 Å². The van der Waals surface area contributed by atoms with Gasteiger partial charge in [-0.3, -0.25) is 9.69 Å². The zero-order chi connectivity index (χ0) is 20.3. The molecule has 0 spiro atoms. The van der Waals surface area contributed by atoms with Crippen LogP contribution >= 0.6 is 0 Å². The number of benzene rings is 2. The molecule has 3 nitrogen and oxygen atoms in total. The number of alkyl halides is 3. The number of carbonyl (C=O) groups is 1. The van der Waals surface area contributed by atoms with E-state index in [0.717, 1.165) is 6.07 Å². The Labute approximate surface area is 161 Å². The summed E-state index contributed by atoms with van der Waals surface area (Å²) in [7, 11) is 0. The van der Waals surface area contributed by atoms with Crippen LogP contribution in [0.3, 0.4) is 0 Å². The summed E-state index contributed by atoms with van der Waals surface area (Å²) >= 11 is 0. The fourth-order valence-electron chi connectivity index (χ4n) is 3.44. The molecule has 1 aliphatic heterocycles. The Balaban J connectivity index is 1.53. The van der Waals surface area contributed by atoms with Crippen molar-refractivity contribution in [1.82, 2.24) is 10.2 Å². The molecule has 0 saturated carbocycles. The standard InChI is InChI=1S/C21H22F4N2O/c1-14-5-6-17(22)12-19(14)20(28)26-18-7-9-27(10-8-18)13-15-3-2-4-16(11-15)21(23,24)25/h2-6,11-12,18H,7-10,13H2,1H3,(H,26,28). The van der Waals surface area contributed by atoms with E-state index in [4.69, 9.17) is 0 Å². The number of aryl methyl sites for hydroxylation is 1. The van der Waals surface area contributed by atoms with E-state index in [9.17, 15) is 22.4 Å². The maximum absolute atomic E-state index is 13.4. The van der Waals surface area contributed by atoms with Crippen molar-refractivity contribution in [2.45, 2.75) is 38.5 Å². The predicted molar refractivity (Wildman–Crippen MR) is 98.3 cm³/mol. The third-order valence-corrected chi connectivity index (χ3v) is 5.03. The Kier molecular flexibility index (Phi) is 6.03. The third-order valence-electron chi connectivity index (χ3n) is 5.03. The van der Waals surface area contributed by atoms with Gasteiger partial charge in [-0.2, -0.15) is 13.2 Å². The van der Waals surface area contributed by atoms with Gasteiger partial charge in [0.05, 0.1) is 5.56 Å². The van der Waals surface area contributed by atoms with E-state index in [1.165, 1.54) is 24.3 Å². The van der Waals surface area contributed by atoms with Gasteiger partial charge in [0.25, 0.3) is 5.91 Å². The molecule has 1 N–H and O–H groups in total. The topological polar surface area (TPSA) is 32.3 Å². The van der Waals surface area contributed by atoms with Crippen molar-refractivity contribution in [3.8, 4) is 0 Å². The van der Waals surface area contributed by atoms with E-state index in [2.05, 4.69) is 10.2 Å². The molecule has 1 fully saturated rings. The Morgan fingerprint density at radius 1 is 1.14 bits per heavy atom. The van der Waals surface area contributed by atoms with Gasteiger partial charge in [-0.25, -0.2) is 4.39 Å². The van der Waals surface area contributed by atoms with Crippen LogP contribution in [0.2, 0.25) is 0 Å². The first kappa shape index (κ1) is 20.3. The van der Waals surface area contributed by atoms with E-state index in [1.54, 1.807) is 19.1 Å². The van der Waals surface area contributed by atoms with E-state index in [-0.39, 0.29) is 11.9 Å². The molecule has 28 heavy (non-hydrogen) atoms. The van der Waals surface area contributed by atoms with Gasteiger partial charge in [0.2, 0.25) is 0 Å². The van der Waals surface area contributed by atoms with Crippen molar-refractivity contribution >= 4 is 5.91 Å². The van der Waals surface area contributed by atoms with Crippen molar-refractivity contribution < 1.29 is 22.4 Å². The Morgan fingerprint density at radius 2 is 1.86 bits per heavy atom. The van der Waals surface area contributed by atoms with Gasteiger partial charge in [-0.15, -0.1) is 0 Å². The van der Waals surface area contributed by atoms with E-state index >= 15 is 0 Å². The van der Waals surface area contributed by atoms with Gasteiger partial charge in [-0.1, -0.05) is 24.3 Å². The largest absolute Gasteiger partial charge is 0.416 e. The van der Waals surface area contributed by atoms with Gasteiger partial charge in [0.1, 0.15) is 5.82 Å². The number of hydrogen-bond donors (Lipinski definition) is 1. The summed E-state index contributed by atoms with van der Waals surface area (Å²) in [6.45, 7) is 3.53. The minimum absolute atomic E-state index is 0.0343. The molecule has 150 valence electrons. The van der Waals surface area contributed by atoms with E-state index in [0.29, 0.717) is 49.2 Å². The van der Waals surface area contributed by atoms with Crippen LogP contribution in [0, 0.1) is 12.7 Å². The summed E-state index contributed by atoms with van der Waals surface area (Å²) in [4.78, 5) is 14.5. The van der Waals surface area contributed by atoms with Crippen LogP contribution < -0.4 is 5.32 Å². The molecule has 1 saturated heterocycles. The number of hydrogen-bond acceptors (Lipinski definition) is 2. The number of piperidine rings is 1. The van der Waals surface area contributed by atoms with Gasteiger partial charge in [-0.05, 0) is 49.1 Å². The lowest BCUT2D eigenvalue weighted by atomic mass is 10.0. The van der Waals surface area contributed by atoms with Crippen molar-refractivity contribution in [3.05, 3.63) is 70.5 Å². The van der Waals surface area contributed by atoms with Crippen molar-refractivity contribution in [2.75, 3.05) is 13.1 Å². The van der Waals surface area contributed by atoms with Crippen molar-refractivity contribution in [2.24, 2.45) is 0 Å². The predicted octanol–water partition coefficient (Wildman–Crippen LogP) is 4.55. The van der Waals surface area contributed by atoms with Gasteiger partial charge >= 0.3 is 6.18 Å². The van der Waals surface area contributed by atoms with E-state index in [1.807, 2.05) is 0 Å². The third kappa shape index (κ3) is 5.10. The highest BCUT2D eigenvalue weighted by Crippen LogP contribution is 2.30. The number of carbonyl (C=O) groups excluding carboxylic acids is 1. The molecule has 0 unspecified atom stereocenters. The Hall–Kier alpha value is -2.41. The summed E-state index contributed by atoms with van der Waals surface area (Å²) in [5.74, 6) is -0.750. The zero-order valence-corrected chi connectivity index (χ0v) is 15.5. The molecule has 0 aromatic heterocycles. The molecule has 0 atom stereocenters. The number of rotatable bonds is 4. The van der Waals surface area contributed by atoms with E-state index < -0.39 is 17.6 Å². The van der Waals surface area contributed by atoms with Crippen LogP contribution in [0.5, 0.6) is 0 Å². The highest BCUT2D eigenvalue weighted by atomic mass is 19.4. The lowest BCUT2D eigenvalue weighted by Gasteiger charge is -2.32. The molecule has 1 heterocycles. The summed E-state index contributed by atoms with van der Waals surface area (Å²) in [5.41, 5.74) is 1.01. The molecule has 0 bridgehead atoms. The van der Waals surface area contributed by atoms with Crippen LogP contribution in [-0.2, 0) is 12.7 Å². The number of nitrogens with zero attached hydrogens (tertiary/aromatic N) is 1. The smallest absolute Gasteiger partial charge is 0.349 e. The second-order valence-corrected chi connectivity index (χ2v) is 7.18. The first-order chi connectivity index (χ1) is 13.2. The van der Waals surface area contributed by atoms with Crippen LogP contribution in [-0.4, -0.2) is 29.9 Å². The molecular formula is C21H22F4N2O. The molecule has 0 aliphatic carbocycles. The van der Waals surface area contributed by atoms with Crippen LogP contribution in [0.1, 0.15) is 39.9 Å². The number of amides is 1. The second kappa shape index (κ2) is 8.31. The highest BCUT2D eigenvalue weighted by Gasteiger charge is 2.30. The Morgan fingerprint density at radius 3 is 2.54 bits per heavy atom. The quantitative estimate of drug-likeness (QED) is 0.772. The van der Waals surface area contributed by atoms with Crippen LogP contribution in [0.25, 0.3) is 0 Å². The number of nitrogens with one attached hydrogen (secondary N) is 1. The molecule has 7 heteroatoms. The van der Waals surface area contributed by atoms with Crippen LogP contribution in [0.15, 0.2) is 42.5 Å². The molecule has 1 amide bonds. The molecule has 2 aromatic rings. The normalized spacial score (nSPS) is 16.2. The van der Waals surface area contributed by atoms with Gasteiger partial charge in [0.15, 0.2) is 0 Å². The SMILES string of the molecule is Cc1ccc(F)cc1C(=O)NC1CCN(Cc2cccc(C(F)(F)F)c2)CC1. The first-order valence-electron chi connectivity index (χ1n) is 9.18. The summed E-state index contributed by atoms with van der Waals surface area (Å²) < 4.78 is 51.9. The lowest BCUT2D eigenvalue weighted by Crippen LogP contribution is -2.44. The monoisotopic (exact) mass is 394 g/mol. The second-order valence-electron chi connectivity index (χ2n) is 7.18. The average Bonchev–Trinajstić information content (AvgIpc) is 2.65. The fourth-order valence-corrected chi connectivity index (χ4v) is 3.44. The molecular weight excluding hydrogens is 372 g/mol. The summed E-state index contributed by atoms with van der Waals surface area (Å²) in [6.07, 6.45) is -2.96. The first-order valence-corrected chi connectivity index (χ1v) is 9.18. The lowest BCUT2D eigenvalue weighted by molar-refractivity contribution is -0.137. The van der Waals surface area contributed by atoms with Crippen molar-refractivity contribution in [1.29, 1.82) is 0 Å². The average molecular weight is 394 g/mol. The summed E-state index contributed by atoms with van der Waals surface area (Å²) in [5, 5.41) is 2.94. The summed E-state index contributed by atoms with van der Waals surface area (Å²) in [6, 6.07) is 9.45. The van der Waals surface area contributed by atoms with Gasteiger partial charge in [0, 0.05) is 31.2 Å². The number of likely N-dealkylation sites (tertiary alicyclic amines) is 1. The molecule has 0 radical (unpaired) electrons. The fraction of sp³-hybridized carbons (Fsp3) is 0.381. The zero-order valence-electron chi connectivity index (χ0n) is 15.5. The van der Waals surface area contributed by atoms with Gasteiger partial charge < -0.3 is 5.32 Å². The maximum Gasteiger partial charge on any atom is 0.416 e. The minimum atomic E-state index is -4.34. The Bertz CT molecular complexity index is 843. The molecule has 3 rings (SSSR count). The highest BCUT2D eigenvalue weighted by molar-refractivity contribution is 5.95. The molecule has 2 aromatic carbocycles. The van der Waals surface area contributed by atoms with Crippen LogP contribution in [0.4, 0.5) is 17.6 Å². The number of halogens is 4. The maximum atomic E-state index is 13.4.